The van der Waals surface area contributed by atoms with Gasteiger partial charge in [0.25, 0.3) is 0 Å². The van der Waals surface area contributed by atoms with Crippen LogP contribution in [0.1, 0.15) is 11.1 Å². The molecule has 0 bridgehead atoms. The van der Waals surface area contributed by atoms with Crippen LogP contribution in [0.3, 0.4) is 0 Å². The lowest BCUT2D eigenvalue weighted by atomic mass is 9.90. The van der Waals surface area contributed by atoms with Gasteiger partial charge < -0.3 is 5.11 Å². The summed E-state index contributed by atoms with van der Waals surface area (Å²) < 4.78 is 0. The predicted octanol–water partition coefficient (Wildman–Crippen LogP) is 5.37. The van der Waals surface area contributed by atoms with Gasteiger partial charge >= 0.3 is 0 Å². The first kappa shape index (κ1) is 16.2. The molecule has 0 fully saturated rings. The van der Waals surface area contributed by atoms with Crippen LogP contribution in [0.15, 0.2) is 77.8 Å². The smallest absolute Gasteiger partial charge is 0.198 e. The molecule has 1 atom stereocenters. The van der Waals surface area contributed by atoms with E-state index >= 15 is 0 Å². The largest absolute Gasteiger partial charge is 0.363 e. The molecule has 1 heterocycles. The highest BCUT2D eigenvalue weighted by molar-refractivity contribution is 6.31. The maximum Gasteiger partial charge on any atom is 0.198 e. The second-order valence-electron chi connectivity index (χ2n) is 5.79. The average molecular weight is 369 g/mol. The fourth-order valence-corrected chi connectivity index (χ4v) is 3.35. The molecule has 3 aromatic carbocycles. The van der Waals surface area contributed by atoms with Crippen LogP contribution in [0.2, 0.25) is 10.0 Å². The highest BCUT2D eigenvalue weighted by atomic mass is 35.5. The summed E-state index contributed by atoms with van der Waals surface area (Å²) in [4.78, 5) is 6.20. The van der Waals surface area contributed by atoms with E-state index in [1.807, 2.05) is 42.5 Å². The molecule has 0 aliphatic carbocycles. The van der Waals surface area contributed by atoms with Crippen LogP contribution >= 0.6 is 23.2 Å². The van der Waals surface area contributed by atoms with Gasteiger partial charge in [-0.15, -0.1) is 0 Å². The van der Waals surface area contributed by atoms with Gasteiger partial charge in [0.2, 0.25) is 0 Å². The van der Waals surface area contributed by atoms with E-state index in [1.54, 1.807) is 41.6 Å². The van der Waals surface area contributed by atoms with Crippen molar-refractivity contribution in [1.82, 2.24) is 0 Å². The maximum atomic E-state index is 11.8. The number of hydrogen-bond donors (Lipinski definition) is 1. The van der Waals surface area contributed by atoms with Crippen LogP contribution in [-0.2, 0) is 5.72 Å². The molecule has 3 aromatic rings. The van der Waals surface area contributed by atoms with Crippen LogP contribution in [0.5, 0.6) is 0 Å². The lowest BCUT2D eigenvalue weighted by Gasteiger charge is -2.42. The molecule has 3 nitrogen and oxygen atoms in total. The van der Waals surface area contributed by atoms with Crippen molar-refractivity contribution < 1.29 is 5.11 Å². The van der Waals surface area contributed by atoms with E-state index in [1.165, 1.54) is 0 Å². The van der Waals surface area contributed by atoms with Crippen LogP contribution in [0.25, 0.3) is 0 Å². The molecule has 1 aliphatic rings. The van der Waals surface area contributed by atoms with Crippen molar-refractivity contribution in [2.75, 3.05) is 4.90 Å². The predicted molar refractivity (Wildman–Crippen MR) is 103 cm³/mol. The Morgan fingerprint density at radius 2 is 1.52 bits per heavy atom. The van der Waals surface area contributed by atoms with Crippen molar-refractivity contribution in [3.05, 3.63) is 94.0 Å². The second kappa shape index (κ2) is 6.19. The molecule has 0 spiro atoms. The van der Waals surface area contributed by atoms with E-state index in [2.05, 4.69) is 4.99 Å². The zero-order chi connectivity index (χ0) is 17.4. The van der Waals surface area contributed by atoms with E-state index < -0.39 is 5.72 Å². The first-order valence-corrected chi connectivity index (χ1v) is 8.51. The molecule has 0 amide bonds. The molecule has 4 rings (SSSR count). The minimum atomic E-state index is -1.43. The second-order valence-corrected chi connectivity index (χ2v) is 6.66. The monoisotopic (exact) mass is 368 g/mol. The molecule has 5 heteroatoms. The summed E-state index contributed by atoms with van der Waals surface area (Å²) in [7, 11) is 0. The minimum absolute atomic E-state index is 0.543. The van der Waals surface area contributed by atoms with Crippen molar-refractivity contribution in [2.45, 2.75) is 5.72 Å². The Morgan fingerprint density at radius 1 is 0.840 bits per heavy atom. The van der Waals surface area contributed by atoms with Gasteiger partial charge in [-0.2, -0.15) is 0 Å². The maximum absolute atomic E-state index is 11.8. The third-order valence-corrected chi connectivity index (χ3v) is 4.76. The van der Waals surface area contributed by atoms with Crippen molar-refractivity contribution in [3.8, 4) is 0 Å². The van der Waals surface area contributed by atoms with Gasteiger partial charge in [-0.05, 0) is 42.5 Å². The fourth-order valence-electron chi connectivity index (χ4n) is 3.05. The molecule has 1 unspecified atom stereocenters. The van der Waals surface area contributed by atoms with Crippen LogP contribution in [0.4, 0.5) is 11.4 Å². The molecule has 1 N–H and O–H groups in total. The highest BCUT2D eigenvalue weighted by Gasteiger charge is 2.42. The SMILES string of the molecule is OC1(c2ccccc2)c2cc(Cl)ccc2N=CN1c1ccc(Cl)cc1. The van der Waals surface area contributed by atoms with Gasteiger partial charge in [0.15, 0.2) is 5.72 Å². The Bertz CT molecular complexity index is 942. The van der Waals surface area contributed by atoms with Crippen LogP contribution < -0.4 is 4.90 Å². The summed E-state index contributed by atoms with van der Waals surface area (Å²) >= 11 is 12.2. The topological polar surface area (TPSA) is 35.8 Å². The number of fused-ring (bicyclic) bond motifs is 1. The van der Waals surface area contributed by atoms with Crippen molar-refractivity contribution in [2.24, 2.45) is 4.99 Å². The Labute approximate surface area is 155 Å². The summed E-state index contributed by atoms with van der Waals surface area (Å²) in [5, 5.41) is 13.0. The first-order valence-electron chi connectivity index (χ1n) is 7.76. The Hall–Kier alpha value is -2.33. The summed E-state index contributed by atoms with van der Waals surface area (Å²) in [6, 6.07) is 22.0. The molecule has 0 saturated heterocycles. The number of anilines is 1. The fraction of sp³-hybridized carbons (Fsp3) is 0.0500. The first-order chi connectivity index (χ1) is 12.1. The zero-order valence-electron chi connectivity index (χ0n) is 13.1. The summed E-state index contributed by atoms with van der Waals surface area (Å²) in [5.74, 6) is 0. The van der Waals surface area contributed by atoms with Gasteiger partial charge in [-0.3, -0.25) is 4.90 Å². The van der Waals surface area contributed by atoms with Crippen molar-refractivity contribution >= 4 is 40.9 Å². The third-order valence-electron chi connectivity index (χ3n) is 4.28. The number of halogens is 2. The Balaban J connectivity index is 1.97. The van der Waals surface area contributed by atoms with E-state index in [9.17, 15) is 5.11 Å². The number of aliphatic hydroxyl groups is 1. The van der Waals surface area contributed by atoms with Gasteiger partial charge in [0.05, 0.1) is 12.0 Å². The van der Waals surface area contributed by atoms with E-state index in [0.717, 1.165) is 11.3 Å². The lowest BCUT2D eigenvalue weighted by Crippen LogP contribution is -2.48. The molecule has 0 aromatic heterocycles. The van der Waals surface area contributed by atoms with Crippen molar-refractivity contribution in [3.63, 3.8) is 0 Å². The summed E-state index contributed by atoms with van der Waals surface area (Å²) in [6.45, 7) is 0. The van der Waals surface area contributed by atoms with Gasteiger partial charge in [-0.1, -0.05) is 53.5 Å². The molecule has 1 aliphatic heterocycles. The Kier molecular flexibility index (Phi) is 4.00. The molecular weight excluding hydrogens is 355 g/mol. The van der Waals surface area contributed by atoms with E-state index in [-0.39, 0.29) is 0 Å². The van der Waals surface area contributed by atoms with Gasteiger partial charge in [0.1, 0.15) is 0 Å². The molecule has 0 radical (unpaired) electrons. The number of nitrogens with zero attached hydrogens (tertiary/aromatic N) is 2. The summed E-state index contributed by atoms with van der Waals surface area (Å²) in [6.07, 6.45) is 1.63. The summed E-state index contributed by atoms with van der Waals surface area (Å²) in [5.41, 5.74) is 1.37. The molecule has 124 valence electrons. The standard InChI is InChI=1S/C20H14Cl2N2O/c21-15-6-9-17(10-7-15)24-13-23-19-11-8-16(22)12-18(19)20(24,25)14-4-2-1-3-5-14/h1-13,25H. The normalized spacial score (nSPS) is 18.9. The average Bonchev–Trinajstić information content (AvgIpc) is 2.64. The quantitative estimate of drug-likeness (QED) is 0.660. The van der Waals surface area contributed by atoms with Crippen LogP contribution in [0, 0.1) is 0 Å². The number of benzene rings is 3. The van der Waals surface area contributed by atoms with E-state index in [0.29, 0.717) is 21.3 Å². The van der Waals surface area contributed by atoms with Crippen LogP contribution in [-0.4, -0.2) is 11.4 Å². The third kappa shape index (κ3) is 2.71. The zero-order valence-corrected chi connectivity index (χ0v) is 14.6. The highest BCUT2D eigenvalue weighted by Crippen LogP contribution is 2.44. The minimum Gasteiger partial charge on any atom is -0.363 e. The van der Waals surface area contributed by atoms with Gasteiger partial charge in [0, 0.05) is 26.9 Å². The molecular formula is C20H14Cl2N2O. The Morgan fingerprint density at radius 3 is 2.24 bits per heavy atom. The number of hydrogen-bond acceptors (Lipinski definition) is 3. The molecule has 25 heavy (non-hydrogen) atoms. The number of aliphatic imine (C=N–C) groups is 1. The van der Waals surface area contributed by atoms with Crippen molar-refractivity contribution in [1.29, 1.82) is 0 Å². The van der Waals surface area contributed by atoms with E-state index in [4.69, 9.17) is 23.2 Å². The lowest BCUT2D eigenvalue weighted by molar-refractivity contribution is 0.0913. The van der Waals surface area contributed by atoms with Gasteiger partial charge in [-0.25, -0.2) is 4.99 Å². The number of rotatable bonds is 2. The molecule has 0 saturated carbocycles.